The Kier molecular flexibility index (Phi) is 47.7. The van der Waals surface area contributed by atoms with Gasteiger partial charge < -0.3 is 28.8 Å². The number of methoxy groups -OCH3 is 1. The van der Waals surface area contributed by atoms with Crippen molar-refractivity contribution in [2.24, 2.45) is 0 Å². The minimum atomic E-state index is -1.00. The second kappa shape index (κ2) is 39.3. The van der Waals surface area contributed by atoms with E-state index >= 15 is 0 Å². The zero-order valence-electron chi connectivity index (χ0n) is 24.4. The number of hydrogen-bond donors (Lipinski definition) is 1. The van der Waals surface area contributed by atoms with Crippen LogP contribution in [0.3, 0.4) is 0 Å². The van der Waals surface area contributed by atoms with Gasteiger partial charge in [-0.1, -0.05) is 42.5 Å². The number of hydrogen-bond acceptors (Lipinski definition) is 6. The summed E-state index contributed by atoms with van der Waals surface area (Å²) < 4.78 is 73.3. The van der Waals surface area contributed by atoms with Crippen molar-refractivity contribution in [1.82, 2.24) is 0 Å². The zero-order chi connectivity index (χ0) is 34.1. The summed E-state index contributed by atoms with van der Waals surface area (Å²) in [5, 5.41) is 10.5. The van der Waals surface area contributed by atoms with E-state index in [1.165, 1.54) is 0 Å². The van der Waals surface area contributed by atoms with Gasteiger partial charge in [-0.3, -0.25) is 0 Å². The first-order chi connectivity index (χ1) is 21.0. The van der Waals surface area contributed by atoms with Crippen molar-refractivity contribution in [2.45, 2.75) is 51.2 Å². The van der Waals surface area contributed by atoms with Gasteiger partial charge in [0.25, 0.3) is 0 Å². The Hall–Kier alpha value is -2.77. The van der Waals surface area contributed by atoms with E-state index in [0.29, 0.717) is 19.8 Å². The van der Waals surface area contributed by atoms with Gasteiger partial charge in [0.2, 0.25) is 0 Å². The fourth-order valence-corrected chi connectivity index (χ4v) is 3.30. The zero-order valence-corrected chi connectivity index (χ0v) is 26.4. The van der Waals surface area contributed by atoms with Crippen molar-refractivity contribution in [3.05, 3.63) is 118 Å². The summed E-state index contributed by atoms with van der Waals surface area (Å²) >= 11 is 0. The minimum absolute atomic E-state index is 0. The van der Waals surface area contributed by atoms with Crippen molar-refractivity contribution in [2.75, 3.05) is 20.3 Å². The van der Waals surface area contributed by atoms with Gasteiger partial charge in [0.1, 0.15) is 24.1 Å². The molecule has 14 heteroatoms. The van der Waals surface area contributed by atoms with Gasteiger partial charge in [-0.2, -0.15) is 0 Å². The van der Waals surface area contributed by atoms with Crippen molar-refractivity contribution < 1.29 is 90.3 Å². The van der Waals surface area contributed by atoms with Gasteiger partial charge >= 0.3 is 67.8 Å². The maximum atomic E-state index is 10.5. The van der Waals surface area contributed by atoms with Gasteiger partial charge in [0.15, 0.2) is 5.79 Å². The van der Waals surface area contributed by atoms with Gasteiger partial charge in [0.05, 0.1) is 33.5 Å². The smallest absolute Gasteiger partial charge is 0 e. The molecule has 0 amide bonds. The maximum Gasteiger partial charge on any atom is 0 e. The van der Waals surface area contributed by atoms with E-state index in [9.17, 15) is 5.11 Å². The number of rotatable bonds is 11. The summed E-state index contributed by atoms with van der Waals surface area (Å²) in [6.45, 7) is 32.0. The normalized spacial score (nSPS) is 15.0. The molecule has 0 saturated carbocycles. The van der Waals surface area contributed by atoms with Crippen LogP contribution in [-0.2, 0) is 93.6 Å². The molecular weight excluding hydrogens is 682 g/mol. The Morgan fingerprint density at radius 2 is 1.22 bits per heavy atom. The summed E-state index contributed by atoms with van der Waals surface area (Å²) in [5.41, 5.74) is 2.10. The molecule has 0 aliphatic carbocycles. The van der Waals surface area contributed by atoms with Crippen LogP contribution in [0.4, 0.5) is 0 Å². The molecule has 12 nitrogen and oxygen atoms in total. The average molecular weight is 712 g/mol. The molecule has 1 N–H and O–H groups in total. The molecule has 4 radical (unpaired) electrons. The molecular formula is C31H30Co2O12. The fourth-order valence-electron chi connectivity index (χ4n) is 3.30. The van der Waals surface area contributed by atoms with Crippen LogP contribution in [0.2, 0.25) is 0 Å². The molecule has 0 spiro atoms. The predicted octanol–water partition coefficient (Wildman–Crippen LogP) is 3.24. The second-order valence-corrected chi connectivity index (χ2v) is 7.75. The van der Waals surface area contributed by atoms with E-state index in [1.54, 1.807) is 7.11 Å². The molecule has 1 aliphatic heterocycles. The molecule has 1 saturated heterocycles. The van der Waals surface area contributed by atoms with E-state index in [0.717, 1.165) is 16.9 Å². The molecule has 1 unspecified atom stereocenters. The Morgan fingerprint density at radius 1 is 0.756 bits per heavy atom. The number of aliphatic hydroxyl groups excluding tert-OH is 1. The standard InChI is InChI=1S/C25H30O6.6CO.2Co/c1-25(2)30-23(18-29-17-19-8-5-4-6-9-19)24(31-25)22(26)10-7-15-28-16-20-11-13-21(27-3)14-12-20;6*1-2;;/h4-6,8-9,11-14,22-24,26H,15-18H2,1-3H3;;;;;;;;/t22?,23-,24-;;;;;;;;/m0......../s1. The quantitative estimate of drug-likeness (QED) is 0.212. The summed E-state index contributed by atoms with van der Waals surface area (Å²) in [6, 6.07) is 17.5. The molecule has 45 heavy (non-hydrogen) atoms. The summed E-state index contributed by atoms with van der Waals surface area (Å²) in [4.78, 5) is 0. The Morgan fingerprint density at radius 3 is 1.71 bits per heavy atom. The third-order valence-corrected chi connectivity index (χ3v) is 4.78. The van der Waals surface area contributed by atoms with Crippen LogP contribution in [0, 0.1) is 52.1 Å². The maximum absolute atomic E-state index is 10.5. The van der Waals surface area contributed by atoms with Crippen LogP contribution in [0.5, 0.6) is 5.75 Å². The summed E-state index contributed by atoms with van der Waals surface area (Å²) in [7, 11) is 1.63. The largest absolute Gasteiger partial charge is 0 e. The molecule has 244 valence electrons. The molecule has 3 atom stereocenters. The number of benzene rings is 2. The molecule has 0 aromatic heterocycles. The minimum Gasteiger partial charge on any atom is 0 e. The van der Waals surface area contributed by atoms with Crippen LogP contribution in [-0.4, -0.2) is 49.5 Å². The first kappa shape index (κ1) is 54.7. The molecule has 0 bridgehead atoms. The van der Waals surface area contributed by atoms with E-state index in [4.69, 9.17) is 51.6 Å². The monoisotopic (exact) mass is 712 g/mol. The van der Waals surface area contributed by atoms with Crippen LogP contribution in [0.15, 0.2) is 54.6 Å². The first-order valence-corrected chi connectivity index (χ1v) is 11.5. The van der Waals surface area contributed by atoms with E-state index in [2.05, 4.69) is 52.1 Å². The van der Waals surface area contributed by atoms with Crippen LogP contribution < -0.4 is 4.74 Å². The van der Waals surface area contributed by atoms with E-state index in [1.807, 2.05) is 68.4 Å². The predicted molar refractivity (Wildman–Crippen MR) is 139 cm³/mol. The summed E-state index contributed by atoms with van der Waals surface area (Å²) in [5.74, 6) is -0.00503. The molecule has 1 fully saturated rings. The van der Waals surface area contributed by atoms with Crippen LogP contribution in [0.25, 0.3) is 0 Å². The molecule has 1 aliphatic rings. The van der Waals surface area contributed by atoms with Crippen molar-refractivity contribution in [1.29, 1.82) is 0 Å². The molecule has 2 aromatic carbocycles. The van der Waals surface area contributed by atoms with Crippen molar-refractivity contribution in [3.8, 4) is 5.75 Å². The average Bonchev–Trinajstić information content (AvgIpc) is 3.41. The third kappa shape index (κ3) is 26.2. The number of ether oxygens (including phenoxy) is 5. The van der Waals surface area contributed by atoms with Gasteiger partial charge in [-0.05, 0) is 49.3 Å². The Labute approximate surface area is 284 Å². The van der Waals surface area contributed by atoms with E-state index in [-0.39, 0.29) is 40.2 Å². The molecule has 3 rings (SSSR count). The van der Waals surface area contributed by atoms with Gasteiger partial charge in [0, 0.05) is 33.6 Å². The third-order valence-electron chi connectivity index (χ3n) is 4.78. The molecule has 1 heterocycles. The van der Waals surface area contributed by atoms with Gasteiger partial charge in [-0.25, -0.2) is 0 Å². The summed E-state index contributed by atoms with van der Waals surface area (Å²) in [6.07, 6.45) is 3.65. The van der Waals surface area contributed by atoms with Crippen molar-refractivity contribution >= 4 is 0 Å². The number of aliphatic hydroxyl groups is 1. The topological polar surface area (TPSA) is 186 Å². The fraction of sp³-hybridized carbons (Fsp3) is 0.355. The Balaban J connectivity index is -0.000000243. The van der Waals surface area contributed by atoms with Gasteiger partial charge in [-0.15, -0.1) is 0 Å². The Bertz CT molecular complexity index is 1030. The van der Waals surface area contributed by atoms with Crippen molar-refractivity contribution in [3.63, 3.8) is 0 Å². The first-order valence-electron chi connectivity index (χ1n) is 11.5. The van der Waals surface area contributed by atoms with Crippen LogP contribution >= 0.6 is 0 Å². The van der Waals surface area contributed by atoms with Crippen LogP contribution in [0.1, 0.15) is 25.0 Å². The van der Waals surface area contributed by atoms with E-state index < -0.39 is 24.1 Å². The SMILES string of the molecule is COc1ccc(COC[C]=[C]C(O)[C@@H]2OC(C)(C)O[C@H]2COCc2ccccc2)cc1.[C-]#[O+].[C-]#[O+].[C-]#[O+].[C-]#[O+].[C-]#[O+].[C-]#[O+].[Co].[Co]. The second-order valence-electron chi connectivity index (χ2n) is 7.75. The molecule has 2 aromatic rings.